The van der Waals surface area contributed by atoms with Gasteiger partial charge in [-0.2, -0.15) is 0 Å². The van der Waals surface area contributed by atoms with Gasteiger partial charge >= 0.3 is 0 Å². The maximum absolute atomic E-state index is 5.25. The second kappa shape index (κ2) is 8.37. The van der Waals surface area contributed by atoms with Crippen LogP contribution in [0.15, 0.2) is 140 Å². The van der Waals surface area contributed by atoms with Crippen LogP contribution in [-0.2, 0) is 0 Å². The van der Waals surface area contributed by atoms with Crippen LogP contribution in [0.3, 0.4) is 0 Å². The Bertz CT molecular complexity index is 2610. The monoisotopic (exact) mass is 545 g/mol. The van der Waals surface area contributed by atoms with Gasteiger partial charge in [0.05, 0.1) is 27.8 Å². The quantitative estimate of drug-likeness (QED) is 0.216. The van der Waals surface area contributed by atoms with E-state index >= 15 is 0 Å². The van der Waals surface area contributed by atoms with E-state index in [-0.39, 0.29) is 0 Å². The predicted octanol–water partition coefficient (Wildman–Crippen LogP) is 10.3. The molecular weight excluding hydrogens is 522 g/mol. The average Bonchev–Trinajstić information content (AvgIpc) is 3.37. The van der Waals surface area contributed by atoms with Gasteiger partial charge in [-0.15, -0.1) is 0 Å². The highest BCUT2D eigenvalue weighted by Gasteiger charge is 2.26. The van der Waals surface area contributed by atoms with Crippen LogP contribution < -0.4 is 0 Å². The normalized spacial score (nSPS) is 12.2. The molecule has 0 fully saturated rings. The van der Waals surface area contributed by atoms with Crippen LogP contribution in [-0.4, -0.2) is 14.5 Å². The summed E-state index contributed by atoms with van der Waals surface area (Å²) in [6, 6.07) is 50.0. The maximum atomic E-state index is 5.25. The zero-order valence-corrected chi connectivity index (χ0v) is 23.1. The molecule has 3 aromatic heterocycles. The largest absolute Gasteiger partial charge is 0.293 e. The highest BCUT2D eigenvalue weighted by Crippen LogP contribution is 2.51. The van der Waals surface area contributed by atoms with E-state index in [4.69, 9.17) is 9.97 Å². The number of pyridine rings is 2. The Morgan fingerprint density at radius 3 is 2.07 bits per heavy atom. The molecule has 6 aromatic carbocycles. The minimum Gasteiger partial charge on any atom is -0.293 e. The first-order chi connectivity index (χ1) is 21.3. The number of aromatic nitrogens is 3. The third-order valence-corrected chi connectivity index (χ3v) is 9.09. The average molecular weight is 546 g/mol. The van der Waals surface area contributed by atoms with Gasteiger partial charge in [0, 0.05) is 21.7 Å². The molecule has 1 aliphatic rings. The number of rotatable bonds is 2. The Kier molecular flexibility index (Phi) is 4.45. The van der Waals surface area contributed by atoms with Gasteiger partial charge in [0.2, 0.25) is 0 Å². The molecule has 1 aliphatic carbocycles. The molecule has 10 rings (SSSR count). The second-order valence-electron chi connectivity index (χ2n) is 11.4. The molecule has 43 heavy (non-hydrogen) atoms. The van der Waals surface area contributed by atoms with Crippen molar-refractivity contribution in [3.05, 3.63) is 140 Å². The standard InChI is InChI=1S/C40H23N3/c1-2-9-24(10-3-1)32-18-19-34-33(41-32)20-22-36(42-34)43-35-21-17-25-12-8-16-30-28-14-6-7-15-29(28)31-23-26-11-4-5-13-27(26)40(43)38(31)39(35)37(25)30/h1-23H. The lowest BCUT2D eigenvalue weighted by molar-refractivity contribution is 1.10. The highest BCUT2D eigenvalue weighted by atomic mass is 15.1. The number of fused-ring (bicyclic) bond motifs is 6. The summed E-state index contributed by atoms with van der Waals surface area (Å²) in [6.07, 6.45) is 0. The van der Waals surface area contributed by atoms with Crippen LogP contribution in [0.1, 0.15) is 0 Å². The summed E-state index contributed by atoms with van der Waals surface area (Å²) in [6.45, 7) is 0. The number of nitrogens with zero attached hydrogens (tertiary/aromatic N) is 3. The molecule has 0 radical (unpaired) electrons. The summed E-state index contributed by atoms with van der Waals surface area (Å²) in [5, 5.41) is 7.59. The minimum atomic E-state index is 0.881. The van der Waals surface area contributed by atoms with Crippen LogP contribution in [0.4, 0.5) is 0 Å². The molecule has 9 aromatic rings. The van der Waals surface area contributed by atoms with Crippen molar-refractivity contribution in [3.8, 4) is 39.3 Å². The molecule has 0 amide bonds. The SMILES string of the molecule is c1ccc(-c2ccc3nc(-n4c5ccc6cccc7c6c5c5c(cc6ccccc6c54)-c4ccccc4-7)ccc3n2)cc1. The minimum absolute atomic E-state index is 0.881. The van der Waals surface area contributed by atoms with Gasteiger partial charge in [-0.1, -0.05) is 103 Å². The number of hydrogen-bond acceptors (Lipinski definition) is 2. The lowest BCUT2D eigenvalue weighted by Crippen LogP contribution is -1.99. The van der Waals surface area contributed by atoms with Crippen molar-refractivity contribution < 1.29 is 0 Å². The maximum Gasteiger partial charge on any atom is 0.138 e. The first kappa shape index (κ1) is 22.8. The first-order valence-corrected chi connectivity index (χ1v) is 14.7. The smallest absolute Gasteiger partial charge is 0.138 e. The van der Waals surface area contributed by atoms with Crippen molar-refractivity contribution in [2.45, 2.75) is 0 Å². The molecule has 0 aliphatic heterocycles. The molecule has 0 saturated carbocycles. The zero-order valence-electron chi connectivity index (χ0n) is 23.1. The summed E-state index contributed by atoms with van der Waals surface area (Å²) < 4.78 is 2.38. The number of benzene rings is 6. The Labute approximate surface area is 247 Å². The summed E-state index contributed by atoms with van der Waals surface area (Å²) in [5.74, 6) is 0.898. The third-order valence-electron chi connectivity index (χ3n) is 9.09. The van der Waals surface area contributed by atoms with Crippen LogP contribution in [0, 0.1) is 0 Å². The summed E-state index contributed by atoms with van der Waals surface area (Å²) >= 11 is 0. The van der Waals surface area contributed by atoms with Crippen molar-refractivity contribution >= 4 is 54.4 Å². The molecule has 3 heteroatoms. The zero-order chi connectivity index (χ0) is 28.1. The summed E-state index contributed by atoms with van der Waals surface area (Å²) in [7, 11) is 0. The van der Waals surface area contributed by atoms with Crippen molar-refractivity contribution in [1.29, 1.82) is 0 Å². The van der Waals surface area contributed by atoms with E-state index in [0.717, 1.165) is 28.1 Å². The molecule has 0 saturated heterocycles. The van der Waals surface area contributed by atoms with Gasteiger partial charge in [0.1, 0.15) is 5.82 Å². The molecule has 0 N–H and O–H groups in total. The molecular formula is C40H23N3. The van der Waals surface area contributed by atoms with E-state index in [1.165, 1.54) is 65.6 Å². The van der Waals surface area contributed by atoms with E-state index in [9.17, 15) is 0 Å². The Morgan fingerprint density at radius 2 is 1.16 bits per heavy atom. The van der Waals surface area contributed by atoms with E-state index in [1.807, 2.05) is 18.2 Å². The Balaban J connectivity index is 1.36. The van der Waals surface area contributed by atoms with Gasteiger partial charge in [0.25, 0.3) is 0 Å². The van der Waals surface area contributed by atoms with Crippen LogP contribution in [0.25, 0.3) is 93.7 Å². The fourth-order valence-corrected chi connectivity index (χ4v) is 7.26. The molecule has 3 heterocycles. The Morgan fingerprint density at radius 1 is 0.442 bits per heavy atom. The van der Waals surface area contributed by atoms with Crippen molar-refractivity contribution in [1.82, 2.24) is 14.5 Å². The topological polar surface area (TPSA) is 30.7 Å². The molecule has 3 nitrogen and oxygen atoms in total. The highest BCUT2D eigenvalue weighted by molar-refractivity contribution is 6.34. The Hall–Kier alpha value is -5.80. The molecule has 198 valence electrons. The van der Waals surface area contributed by atoms with E-state index in [0.29, 0.717) is 0 Å². The van der Waals surface area contributed by atoms with E-state index in [1.54, 1.807) is 0 Å². The fourth-order valence-electron chi connectivity index (χ4n) is 7.26. The molecule has 0 atom stereocenters. The van der Waals surface area contributed by atoms with Crippen LogP contribution >= 0.6 is 0 Å². The molecule has 0 unspecified atom stereocenters. The van der Waals surface area contributed by atoms with Gasteiger partial charge < -0.3 is 0 Å². The van der Waals surface area contributed by atoms with Crippen LogP contribution in [0.2, 0.25) is 0 Å². The van der Waals surface area contributed by atoms with Crippen molar-refractivity contribution in [2.24, 2.45) is 0 Å². The van der Waals surface area contributed by atoms with E-state index in [2.05, 4.69) is 126 Å². The van der Waals surface area contributed by atoms with Crippen LogP contribution in [0.5, 0.6) is 0 Å². The van der Waals surface area contributed by atoms with Gasteiger partial charge in [-0.05, 0) is 74.8 Å². The van der Waals surface area contributed by atoms with Gasteiger partial charge in [-0.3, -0.25) is 4.57 Å². The number of hydrogen-bond donors (Lipinski definition) is 0. The van der Waals surface area contributed by atoms with Crippen molar-refractivity contribution in [3.63, 3.8) is 0 Å². The predicted molar refractivity (Wildman–Crippen MR) is 179 cm³/mol. The van der Waals surface area contributed by atoms with Gasteiger partial charge in [-0.25, -0.2) is 9.97 Å². The molecule has 0 bridgehead atoms. The third kappa shape index (κ3) is 3.08. The van der Waals surface area contributed by atoms with E-state index < -0.39 is 0 Å². The summed E-state index contributed by atoms with van der Waals surface area (Å²) in [5.41, 5.74) is 11.3. The summed E-state index contributed by atoms with van der Waals surface area (Å²) in [4.78, 5) is 10.2. The lowest BCUT2D eigenvalue weighted by Gasteiger charge is -2.15. The molecule has 0 spiro atoms. The second-order valence-corrected chi connectivity index (χ2v) is 11.4. The first-order valence-electron chi connectivity index (χ1n) is 14.7. The fraction of sp³-hybridized carbons (Fsp3) is 0. The van der Waals surface area contributed by atoms with Crippen molar-refractivity contribution in [2.75, 3.05) is 0 Å². The lowest BCUT2D eigenvalue weighted by atomic mass is 9.92. The van der Waals surface area contributed by atoms with Gasteiger partial charge in [0.15, 0.2) is 0 Å².